The molecular weight excluding hydrogens is 368 g/mol. The van der Waals surface area contributed by atoms with E-state index in [4.69, 9.17) is 27.4 Å². The average molecular weight is 400 g/mol. The molecule has 1 rings (SSSR count). The van der Waals surface area contributed by atoms with Crippen LogP contribution in [-0.4, -0.2) is 39.2 Å². The van der Waals surface area contributed by atoms with Crippen LogP contribution in [0.2, 0.25) is 0 Å². The van der Waals surface area contributed by atoms with Gasteiger partial charge in [0.2, 0.25) is 0 Å². The molecule has 0 aliphatic carbocycles. The molecule has 0 aliphatic heterocycles. The Balaban J connectivity index is 0. The summed E-state index contributed by atoms with van der Waals surface area (Å²) in [5.74, 6) is -1.11. The minimum atomic E-state index is -0.913. The van der Waals surface area contributed by atoms with Crippen LogP contribution < -0.4 is 17.2 Å². The molecule has 0 radical (unpaired) electrons. The van der Waals surface area contributed by atoms with Gasteiger partial charge in [-0.05, 0) is 36.8 Å². The molecule has 10 nitrogen and oxygen atoms in total. The second kappa shape index (κ2) is 14.4. The summed E-state index contributed by atoms with van der Waals surface area (Å²) >= 11 is 0. The Morgan fingerprint density at radius 2 is 1.25 bits per heavy atom. The zero-order chi connectivity index (χ0) is 22.4. The molecule has 2 atom stereocenters. The predicted octanol–water partition coefficient (Wildman–Crippen LogP) is 2.07. The number of carboxylic acids is 2. The minimum Gasteiger partial charge on any atom is -0.480 e. The van der Waals surface area contributed by atoms with Gasteiger partial charge in [-0.1, -0.05) is 27.7 Å². The highest BCUT2D eigenvalue weighted by molar-refractivity contribution is 5.73. The highest BCUT2D eigenvalue weighted by Gasteiger charge is 2.12. The number of nitrogens with zero attached hydrogens (tertiary/aromatic N) is 1. The number of aliphatic carboxylic acids is 2. The van der Waals surface area contributed by atoms with Crippen molar-refractivity contribution < 1.29 is 24.7 Å². The normalized spacial score (nSPS) is 12.1. The fourth-order valence-electron chi connectivity index (χ4n) is 1.81. The van der Waals surface area contributed by atoms with E-state index in [1.165, 1.54) is 24.3 Å². The average Bonchev–Trinajstić information content (AvgIpc) is 2.55. The summed E-state index contributed by atoms with van der Waals surface area (Å²) in [6.45, 7) is 7.79. The van der Waals surface area contributed by atoms with Crippen LogP contribution in [0.25, 0.3) is 0 Å². The number of carboxylic acid groups (broad SMARTS) is 2. The van der Waals surface area contributed by atoms with E-state index in [-0.39, 0.29) is 5.69 Å². The van der Waals surface area contributed by atoms with Crippen LogP contribution in [0, 0.1) is 22.0 Å². The van der Waals surface area contributed by atoms with Crippen LogP contribution in [0.1, 0.15) is 40.5 Å². The van der Waals surface area contributed by atoms with E-state index in [1.54, 1.807) is 0 Å². The fourth-order valence-corrected chi connectivity index (χ4v) is 1.81. The van der Waals surface area contributed by atoms with Gasteiger partial charge in [0.15, 0.2) is 0 Å². The van der Waals surface area contributed by atoms with Gasteiger partial charge >= 0.3 is 11.9 Å². The van der Waals surface area contributed by atoms with Crippen LogP contribution in [-0.2, 0) is 9.59 Å². The number of nitrogen functional groups attached to an aromatic ring is 1. The lowest BCUT2D eigenvalue weighted by Crippen LogP contribution is -2.31. The monoisotopic (exact) mass is 400 g/mol. The van der Waals surface area contributed by atoms with Gasteiger partial charge in [-0.2, -0.15) is 0 Å². The van der Waals surface area contributed by atoms with Crippen molar-refractivity contribution in [1.82, 2.24) is 0 Å². The summed E-state index contributed by atoms with van der Waals surface area (Å²) in [6, 6.07) is 4.36. The van der Waals surface area contributed by atoms with E-state index in [9.17, 15) is 19.7 Å². The minimum absolute atomic E-state index is 0.0641. The number of nitro benzene ring substituents is 1. The van der Waals surface area contributed by atoms with E-state index in [1.807, 2.05) is 27.7 Å². The Kier molecular flexibility index (Phi) is 14.1. The highest BCUT2D eigenvalue weighted by atomic mass is 16.6. The third-order valence-corrected chi connectivity index (χ3v) is 3.19. The summed E-state index contributed by atoms with van der Waals surface area (Å²) in [4.78, 5) is 29.8. The van der Waals surface area contributed by atoms with Crippen molar-refractivity contribution in [3.8, 4) is 0 Å². The van der Waals surface area contributed by atoms with Crippen molar-refractivity contribution in [3.05, 3.63) is 34.4 Å². The third-order valence-electron chi connectivity index (χ3n) is 3.19. The number of rotatable bonds is 7. The SMILES string of the molecule is CC(C)C[C@H](N)C(=O)O.CC(C)C[C@H](N)C(=O)O.Nc1ccc([N+](=O)[O-])cc1. The lowest BCUT2D eigenvalue weighted by atomic mass is 10.1. The molecule has 0 fully saturated rings. The summed E-state index contributed by atoms with van der Waals surface area (Å²) in [5.41, 5.74) is 16.3. The predicted molar refractivity (Wildman–Crippen MR) is 108 cm³/mol. The molecular formula is C18H32N4O6. The summed E-state index contributed by atoms with van der Waals surface area (Å²) in [7, 11) is 0. The van der Waals surface area contributed by atoms with Crippen molar-refractivity contribution >= 4 is 23.3 Å². The molecule has 0 amide bonds. The van der Waals surface area contributed by atoms with Gasteiger partial charge in [-0.15, -0.1) is 0 Å². The maximum absolute atomic E-state index is 10.1. The van der Waals surface area contributed by atoms with Gasteiger partial charge in [0.25, 0.3) is 5.69 Å². The number of benzene rings is 1. The first-order valence-corrected chi connectivity index (χ1v) is 8.74. The molecule has 0 saturated carbocycles. The van der Waals surface area contributed by atoms with E-state index in [2.05, 4.69) is 0 Å². The number of nitro groups is 1. The Morgan fingerprint density at radius 1 is 0.929 bits per heavy atom. The Morgan fingerprint density at radius 3 is 1.43 bits per heavy atom. The number of hydrogen-bond donors (Lipinski definition) is 5. The van der Waals surface area contributed by atoms with Crippen molar-refractivity contribution in [2.45, 2.75) is 52.6 Å². The molecule has 0 unspecified atom stereocenters. The maximum atomic E-state index is 10.1. The molecule has 0 aromatic heterocycles. The second-order valence-electron chi connectivity index (χ2n) is 7.00. The first kappa shape index (κ1) is 27.5. The van der Waals surface area contributed by atoms with Crippen LogP contribution in [0.15, 0.2) is 24.3 Å². The Labute approximate surface area is 164 Å². The number of carbonyl (C=O) groups is 2. The summed E-state index contributed by atoms with van der Waals surface area (Å²) in [5, 5.41) is 26.7. The maximum Gasteiger partial charge on any atom is 0.320 e. The van der Waals surface area contributed by atoms with Crippen LogP contribution in [0.5, 0.6) is 0 Å². The second-order valence-corrected chi connectivity index (χ2v) is 7.00. The van der Waals surface area contributed by atoms with Gasteiger partial charge in [0.05, 0.1) is 4.92 Å². The zero-order valence-electron chi connectivity index (χ0n) is 16.7. The zero-order valence-corrected chi connectivity index (χ0v) is 16.7. The van der Waals surface area contributed by atoms with E-state index in [0.717, 1.165) is 0 Å². The molecule has 28 heavy (non-hydrogen) atoms. The van der Waals surface area contributed by atoms with Gasteiger partial charge in [0.1, 0.15) is 12.1 Å². The van der Waals surface area contributed by atoms with E-state index >= 15 is 0 Å². The molecule has 1 aromatic rings. The number of non-ortho nitro benzene ring substituents is 1. The van der Waals surface area contributed by atoms with Crippen LogP contribution >= 0.6 is 0 Å². The van der Waals surface area contributed by atoms with Crippen molar-refractivity contribution in [2.75, 3.05) is 5.73 Å². The van der Waals surface area contributed by atoms with E-state index < -0.39 is 28.9 Å². The van der Waals surface area contributed by atoms with Gasteiger partial charge in [0, 0.05) is 17.8 Å². The number of anilines is 1. The lowest BCUT2D eigenvalue weighted by molar-refractivity contribution is -0.384. The quantitative estimate of drug-likeness (QED) is 0.258. The summed E-state index contributed by atoms with van der Waals surface area (Å²) < 4.78 is 0. The first-order chi connectivity index (χ1) is 12.8. The van der Waals surface area contributed by atoms with Crippen molar-refractivity contribution in [1.29, 1.82) is 0 Å². The lowest BCUT2D eigenvalue weighted by Gasteiger charge is -2.07. The molecule has 0 saturated heterocycles. The van der Waals surface area contributed by atoms with Gasteiger partial charge < -0.3 is 27.4 Å². The molecule has 0 spiro atoms. The topological polar surface area (TPSA) is 196 Å². The van der Waals surface area contributed by atoms with Gasteiger partial charge in [-0.3, -0.25) is 19.7 Å². The molecule has 160 valence electrons. The molecule has 0 aliphatic rings. The first-order valence-electron chi connectivity index (χ1n) is 8.74. The molecule has 8 N–H and O–H groups in total. The highest BCUT2D eigenvalue weighted by Crippen LogP contribution is 2.12. The molecule has 10 heteroatoms. The van der Waals surface area contributed by atoms with Crippen LogP contribution in [0.3, 0.4) is 0 Å². The van der Waals surface area contributed by atoms with Gasteiger partial charge in [-0.25, -0.2) is 0 Å². The third kappa shape index (κ3) is 15.5. The summed E-state index contributed by atoms with van der Waals surface area (Å²) in [6.07, 6.45) is 1.10. The molecule has 0 bridgehead atoms. The Bertz CT molecular complexity index is 579. The number of nitrogens with two attached hydrogens (primary N) is 3. The van der Waals surface area contributed by atoms with Crippen LogP contribution in [0.4, 0.5) is 11.4 Å². The molecule has 0 heterocycles. The largest absolute Gasteiger partial charge is 0.480 e. The van der Waals surface area contributed by atoms with E-state index in [0.29, 0.717) is 30.4 Å². The number of hydrogen-bond acceptors (Lipinski definition) is 7. The Hall–Kier alpha value is -2.72. The van der Waals surface area contributed by atoms with Crippen molar-refractivity contribution in [2.24, 2.45) is 23.3 Å². The smallest absolute Gasteiger partial charge is 0.320 e. The standard InChI is InChI=1S/C6H6N2O2.2C6H13NO2/c7-5-1-3-6(4-2-5)8(9)10;2*1-4(2)3-5(7)6(8)9/h1-4H,7H2;2*4-5H,3,7H2,1-2H3,(H,8,9)/t;2*5-/m.00/s1. The molecule has 1 aromatic carbocycles. The fraction of sp³-hybridized carbons (Fsp3) is 0.556. The van der Waals surface area contributed by atoms with Crippen molar-refractivity contribution in [3.63, 3.8) is 0 Å².